The van der Waals surface area contributed by atoms with Gasteiger partial charge < -0.3 is 19.9 Å². The highest BCUT2D eigenvalue weighted by atomic mass is 16.5. The number of hydrogen-bond acceptors (Lipinski definition) is 4. The van der Waals surface area contributed by atoms with Crippen LogP contribution in [-0.4, -0.2) is 37.4 Å². The van der Waals surface area contributed by atoms with Gasteiger partial charge in [0.25, 0.3) is 0 Å². The summed E-state index contributed by atoms with van der Waals surface area (Å²) in [4.78, 5) is 11.3. The number of rotatable bonds is 6. The lowest BCUT2D eigenvalue weighted by molar-refractivity contribution is -0.116. The van der Waals surface area contributed by atoms with Crippen molar-refractivity contribution in [3.8, 4) is 5.75 Å². The van der Waals surface area contributed by atoms with Gasteiger partial charge in [-0.25, -0.2) is 0 Å². The average molecular weight is 251 g/mol. The summed E-state index contributed by atoms with van der Waals surface area (Å²) in [5.74, 6) is 0.759. The van der Waals surface area contributed by atoms with E-state index in [0.717, 1.165) is 17.7 Å². The number of benzene rings is 1. The SMILES string of the molecule is O=C1CCc2ccc(OCCOCCO)cc2N1. The largest absolute Gasteiger partial charge is 0.491 e. The molecule has 2 rings (SSSR count). The van der Waals surface area contributed by atoms with E-state index in [1.54, 1.807) is 0 Å². The Balaban J connectivity index is 1.86. The molecule has 98 valence electrons. The van der Waals surface area contributed by atoms with Crippen molar-refractivity contribution in [1.82, 2.24) is 0 Å². The van der Waals surface area contributed by atoms with E-state index in [1.165, 1.54) is 0 Å². The zero-order valence-corrected chi connectivity index (χ0v) is 10.1. The van der Waals surface area contributed by atoms with Gasteiger partial charge in [-0.3, -0.25) is 4.79 Å². The van der Waals surface area contributed by atoms with Crippen molar-refractivity contribution < 1.29 is 19.4 Å². The van der Waals surface area contributed by atoms with Gasteiger partial charge >= 0.3 is 0 Å². The van der Waals surface area contributed by atoms with Crippen LogP contribution in [-0.2, 0) is 16.0 Å². The van der Waals surface area contributed by atoms with E-state index in [1.807, 2.05) is 18.2 Å². The molecular weight excluding hydrogens is 234 g/mol. The van der Waals surface area contributed by atoms with Gasteiger partial charge in [-0.1, -0.05) is 6.07 Å². The summed E-state index contributed by atoms with van der Waals surface area (Å²) < 4.78 is 10.6. The summed E-state index contributed by atoms with van der Waals surface area (Å²) in [6.07, 6.45) is 1.32. The molecule has 18 heavy (non-hydrogen) atoms. The summed E-state index contributed by atoms with van der Waals surface area (Å²) >= 11 is 0. The molecule has 0 aliphatic carbocycles. The minimum Gasteiger partial charge on any atom is -0.491 e. The summed E-state index contributed by atoms with van der Waals surface area (Å²) in [5, 5.41) is 11.4. The highest BCUT2D eigenvalue weighted by Gasteiger charge is 2.14. The number of anilines is 1. The summed E-state index contributed by atoms with van der Waals surface area (Å²) in [6.45, 7) is 1.20. The van der Waals surface area contributed by atoms with Crippen LogP contribution < -0.4 is 10.1 Å². The molecule has 0 unspecified atom stereocenters. The van der Waals surface area contributed by atoms with Crippen molar-refractivity contribution in [2.75, 3.05) is 31.7 Å². The lowest BCUT2D eigenvalue weighted by Gasteiger charge is -2.17. The maximum absolute atomic E-state index is 11.3. The van der Waals surface area contributed by atoms with E-state index >= 15 is 0 Å². The third-order valence-corrected chi connectivity index (χ3v) is 2.71. The van der Waals surface area contributed by atoms with Crippen LogP contribution in [0.2, 0.25) is 0 Å². The highest BCUT2D eigenvalue weighted by Crippen LogP contribution is 2.26. The Bertz CT molecular complexity index is 419. The normalized spacial score (nSPS) is 13.9. The van der Waals surface area contributed by atoms with E-state index in [9.17, 15) is 4.79 Å². The Labute approximate surface area is 106 Å². The molecule has 5 heteroatoms. The predicted octanol–water partition coefficient (Wildman–Crippen LogP) is 0.959. The van der Waals surface area contributed by atoms with Crippen LogP contribution in [0.25, 0.3) is 0 Å². The second kappa shape index (κ2) is 6.37. The summed E-state index contributed by atoms with van der Waals surface area (Å²) in [6, 6.07) is 5.69. The van der Waals surface area contributed by atoms with Crippen LogP contribution in [0.1, 0.15) is 12.0 Å². The Morgan fingerprint density at radius 3 is 2.94 bits per heavy atom. The van der Waals surface area contributed by atoms with Crippen molar-refractivity contribution in [2.24, 2.45) is 0 Å². The van der Waals surface area contributed by atoms with E-state index in [4.69, 9.17) is 14.6 Å². The summed E-state index contributed by atoms with van der Waals surface area (Å²) in [5.41, 5.74) is 1.97. The Hall–Kier alpha value is -1.59. The standard InChI is InChI=1S/C13H17NO4/c15-5-6-17-7-8-18-11-3-1-10-2-4-13(16)14-12(10)9-11/h1,3,9,15H,2,4-8H2,(H,14,16). The minimum absolute atomic E-state index is 0.0187. The first-order valence-electron chi connectivity index (χ1n) is 6.04. The molecule has 0 fully saturated rings. The van der Waals surface area contributed by atoms with Gasteiger partial charge in [0, 0.05) is 18.2 Å². The number of carbonyl (C=O) groups is 1. The van der Waals surface area contributed by atoms with E-state index in [-0.39, 0.29) is 12.5 Å². The minimum atomic E-state index is 0.0187. The molecule has 1 aromatic rings. The molecule has 0 aromatic heterocycles. The Morgan fingerprint density at radius 2 is 2.11 bits per heavy atom. The van der Waals surface area contributed by atoms with Crippen molar-refractivity contribution >= 4 is 11.6 Å². The van der Waals surface area contributed by atoms with Crippen LogP contribution in [0, 0.1) is 0 Å². The predicted molar refractivity (Wildman–Crippen MR) is 66.8 cm³/mol. The lowest BCUT2D eigenvalue weighted by atomic mass is 10.0. The second-order valence-corrected chi connectivity index (χ2v) is 4.05. The third kappa shape index (κ3) is 3.45. The first kappa shape index (κ1) is 12.9. The van der Waals surface area contributed by atoms with Crippen molar-refractivity contribution in [2.45, 2.75) is 12.8 Å². The second-order valence-electron chi connectivity index (χ2n) is 4.05. The fraction of sp³-hybridized carbons (Fsp3) is 0.462. The van der Waals surface area contributed by atoms with Crippen LogP contribution >= 0.6 is 0 Å². The number of aliphatic hydroxyl groups is 1. The van der Waals surface area contributed by atoms with Crippen molar-refractivity contribution in [3.63, 3.8) is 0 Å². The smallest absolute Gasteiger partial charge is 0.224 e. The molecule has 0 spiro atoms. The Morgan fingerprint density at radius 1 is 1.22 bits per heavy atom. The molecular formula is C13H17NO4. The molecule has 0 radical (unpaired) electrons. The topological polar surface area (TPSA) is 67.8 Å². The highest BCUT2D eigenvalue weighted by molar-refractivity contribution is 5.94. The number of amides is 1. The molecule has 0 atom stereocenters. The number of hydrogen-bond donors (Lipinski definition) is 2. The quantitative estimate of drug-likeness (QED) is 0.739. The van der Waals surface area contributed by atoms with Crippen LogP contribution in [0.15, 0.2) is 18.2 Å². The van der Waals surface area contributed by atoms with Gasteiger partial charge in [0.05, 0.1) is 19.8 Å². The molecule has 1 aliphatic rings. The maximum Gasteiger partial charge on any atom is 0.224 e. The van der Waals surface area contributed by atoms with E-state index in [0.29, 0.717) is 32.0 Å². The monoisotopic (exact) mass is 251 g/mol. The zero-order chi connectivity index (χ0) is 12.8. The maximum atomic E-state index is 11.3. The molecule has 5 nitrogen and oxygen atoms in total. The first-order chi connectivity index (χ1) is 8.79. The molecule has 1 aromatic carbocycles. The molecule has 0 saturated heterocycles. The summed E-state index contributed by atoms with van der Waals surface area (Å²) in [7, 11) is 0. The first-order valence-corrected chi connectivity index (χ1v) is 6.04. The molecule has 0 bridgehead atoms. The van der Waals surface area contributed by atoms with Gasteiger partial charge in [-0.05, 0) is 18.1 Å². The molecule has 1 aliphatic heterocycles. The number of ether oxygens (including phenoxy) is 2. The van der Waals surface area contributed by atoms with Crippen molar-refractivity contribution in [1.29, 1.82) is 0 Å². The molecule has 1 heterocycles. The fourth-order valence-corrected chi connectivity index (χ4v) is 1.83. The van der Waals surface area contributed by atoms with Crippen LogP contribution in [0.4, 0.5) is 5.69 Å². The molecule has 1 amide bonds. The van der Waals surface area contributed by atoms with E-state index in [2.05, 4.69) is 5.32 Å². The van der Waals surface area contributed by atoms with Gasteiger partial charge in [0.1, 0.15) is 12.4 Å². The number of aliphatic hydroxyl groups excluding tert-OH is 1. The zero-order valence-electron chi connectivity index (χ0n) is 10.1. The number of fused-ring (bicyclic) bond motifs is 1. The van der Waals surface area contributed by atoms with Gasteiger partial charge in [-0.2, -0.15) is 0 Å². The number of aryl methyl sites for hydroxylation is 1. The molecule has 2 N–H and O–H groups in total. The third-order valence-electron chi connectivity index (χ3n) is 2.71. The number of nitrogens with one attached hydrogen (secondary N) is 1. The number of carbonyl (C=O) groups excluding carboxylic acids is 1. The molecule has 0 saturated carbocycles. The van der Waals surface area contributed by atoms with Crippen LogP contribution in [0.5, 0.6) is 5.75 Å². The Kier molecular flexibility index (Phi) is 4.55. The average Bonchev–Trinajstić information content (AvgIpc) is 2.38. The van der Waals surface area contributed by atoms with Crippen LogP contribution in [0.3, 0.4) is 0 Å². The van der Waals surface area contributed by atoms with Gasteiger partial charge in [0.2, 0.25) is 5.91 Å². The lowest BCUT2D eigenvalue weighted by Crippen LogP contribution is -2.19. The van der Waals surface area contributed by atoms with Gasteiger partial charge in [0.15, 0.2) is 0 Å². The van der Waals surface area contributed by atoms with Gasteiger partial charge in [-0.15, -0.1) is 0 Å². The van der Waals surface area contributed by atoms with E-state index < -0.39 is 0 Å². The fourth-order valence-electron chi connectivity index (χ4n) is 1.83. The van der Waals surface area contributed by atoms with Crippen molar-refractivity contribution in [3.05, 3.63) is 23.8 Å².